The van der Waals surface area contributed by atoms with Gasteiger partial charge in [-0.05, 0) is 25.2 Å². The van der Waals surface area contributed by atoms with Crippen LogP contribution >= 0.6 is 0 Å². The molecule has 126 valence electrons. The van der Waals surface area contributed by atoms with Gasteiger partial charge < -0.3 is 14.7 Å². The minimum absolute atomic E-state index is 0.131. The highest BCUT2D eigenvalue weighted by Gasteiger charge is 2.32. The van der Waals surface area contributed by atoms with E-state index >= 15 is 0 Å². The Bertz CT molecular complexity index is 563. The highest BCUT2D eigenvalue weighted by Crippen LogP contribution is 2.26. The Morgan fingerprint density at radius 2 is 2.17 bits per heavy atom. The first-order valence-corrected chi connectivity index (χ1v) is 8.70. The van der Waals surface area contributed by atoms with Gasteiger partial charge in [-0.2, -0.15) is 0 Å². The highest BCUT2D eigenvalue weighted by atomic mass is 16.5. The lowest BCUT2D eigenvalue weighted by atomic mass is 9.89. The Balaban J connectivity index is 1.51. The van der Waals surface area contributed by atoms with E-state index in [0.29, 0.717) is 18.9 Å². The summed E-state index contributed by atoms with van der Waals surface area (Å²) in [6.07, 6.45) is 7.43. The number of aryl methyl sites for hydroxylation is 1. The Kier molecular flexibility index (Phi) is 4.98. The Hall–Kier alpha value is -1.85. The molecule has 2 aliphatic rings. The van der Waals surface area contributed by atoms with E-state index in [-0.39, 0.29) is 23.6 Å². The summed E-state index contributed by atoms with van der Waals surface area (Å²) in [5.41, 5.74) is 0.761. The molecule has 0 bridgehead atoms. The Labute approximate surface area is 136 Å². The number of hydrogen-bond donors (Lipinski definition) is 1. The van der Waals surface area contributed by atoms with Crippen LogP contribution in [0.25, 0.3) is 0 Å². The molecule has 1 N–H and O–H groups in total. The van der Waals surface area contributed by atoms with Gasteiger partial charge in [0.2, 0.25) is 11.7 Å². The molecule has 0 radical (unpaired) electrons. The van der Waals surface area contributed by atoms with E-state index in [9.17, 15) is 9.59 Å². The number of hydrogen-bond acceptors (Lipinski definition) is 4. The highest BCUT2D eigenvalue weighted by molar-refractivity contribution is 5.92. The summed E-state index contributed by atoms with van der Waals surface area (Å²) in [5.74, 6) is 0.714. The fraction of sp³-hybridized carbons (Fsp3) is 0.706. The van der Waals surface area contributed by atoms with Crippen molar-refractivity contribution < 1.29 is 14.1 Å². The average Bonchev–Trinajstić information content (AvgIpc) is 3.16. The molecular weight excluding hydrogens is 294 g/mol. The number of carbonyl (C=O) groups excluding carboxylic acids is 2. The molecule has 1 aliphatic heterocycles. The second-order valence-corrected chi connectivity index (χ2v) is 6.71. The molecule has 23 heavy (non-hydrogen) atoms. The summed E-state index contributed by atoms with van der Waals surface area (Å²) in [6.45, 7) is 3.40. The van der Waals surface area contributed by atoms with Crippen LogP contribution in [0.2, 0.25) is 0 Å². The van der Waals surface area contributed by atoms with Crippen LogP contribution in [-0.4, -0.2) is 41.0 Å². The van der Waals surface area contributed by atoms with Crippen molar-refractivity contribution in [3.8, 4) is 0 Å². The number of aromatic nitrogens is 1. The fourth-order valence-corrected chi connectivity index (χ4v) is 3.57. The summed E-state index contributed by atoms with van der Waals surface area (Å²) in [7, 11) is 0. The molecule has 1 aromatic heterocycles. The van der Waals surface area contributed by atoms with E-state index in [1.54, 1.807) is 6.07 Å². The first kappa shape index (κ1) is 16.0. The molecule has 0 spiro atoms. The minimum atomic E-state index is -0.283. The average molecular weight is 319 g/mol. The SMILES string of the molecule is CCc1cc(C(=O)N[C@H]2CC(=O)N(CC3CCCCC3)C2)on1. The Morgan fingerprint density at radius 1 is 1.39 bits per heavy atom. The van der Waals surface area contributed by atoms with Crippen molar-refractivity contribution in [2.45, 2.75) is 57.9 Å². The first-order valence-electron chi connectivity index (χ1n) is 8.70. The quantitative estimate of drug-likeness (QED) is 0.902. The van der Waals surface area contributed by atoms with E-state index < -0.39 is 0 Å². The second-order valence-electron chi connectivity index (χ2n) is 6.71. The molecule has 2 amide bonds. The molecule has 1 aromatic rings. The summed E-state index contributed by atoms with van der Waals surface area (Å²) in [4.78, 5) is 26.2. The molecule has 2 fully saturated rings. The predicted molar refractivity (Wildman–Crippen MR) is 84.9 cm³/mol. The van der Waals surface area contributed by atoms with Crippen LogP contribution in [-0.2, 0) is 11.2 Å². The lowest BCUT2D eigenvalue weighted by Gasteiger charge is -2.27. The molecule has 1 saturated carbocycles. The zero-order chi connectivity index (χ0) is 16.2. The third-order valence-electron chi connectivity index (χ3n) is 4.90. The summed E-state index contributed by atoms with van der Waals surface area (Å²) < 4.78 is 5.04. The maximum atomic E-state index is 12.2. The van der Waals surface area contributed by atoms with Crippen LogP contribution < -0.4 is 5.32 Å². The number of likely N-dealkylation sites (tertiary alicyclic amines) is 1. The molecule has 1 saturated heterocycles. The van der Waals surface area contributed by atoms with Gasteiger partial charge in [0.05, 0.1) is 11.7 Å². The lowest BCUT2D eigenvalue weighted by Crippen LogP contribution is -2.38. The third-order valence-corrected chi connectivity index (χ3v) is 4.90. The summed E-state index contributed by atoms with van der Waals surface area (Å²) in [6, 6.07) is 1.53. The van der Waals surface area contributed by atoms with Gasteiger partial charge >= 0.3 is 0 Å². The molecule has 0 aromatic carbocycles. The molecule has 6 heteroatoms. The molecule has 6 nitrogen and oxygen atoms in total. The largest absolute Gasteiger partial charge is 0.351 e. The van der Waals surface area contributed by atoms with Crippen LogP contribution in [0, 0.1) is 5.92 Å². The van der Waals surface area contributed by atoms with Gasteiger partial charge in [0.15, 0.2) is 0 Å². The number of nitrogens with zero attached hydrogens (tertiary/aromatic N) is 2. The van der Waals surface area contributed by atoms with Gasteiger partial charge in [0.1, 0.15) is 0 Å². The van der Waals surface area contributed by atoms with Crippen molar-refractivity contribution in [3.63, 3.8) is 0 Å². The van der Waals surface area contributed by atoms with Crippen LogP contribution in [0.1, 0.15) is 61.7 Å². The van der Waals surface area contributed by atoms with E-state index in [4.69, 9.17) is 4.52 Å². The third kappa shape index (κ3) is 3.92. The maximum Gasteiger partial charge on any atom is 0.290 e. The van der Waals surface area contributed by atoms with Gasteiger partial charge in [-0.25, -0.2) is 0 Å². The minimum Gasteiger partial charge on any atom is -0.351 e. The van der Waals surface area contributed by atoms with Gasteiger partial charge in [0, 0.05) is 25.6 Å². The van der Waals surface area contributed by atoms with Gasteiger partial charge in [-0.1, -0.05) is 31.3 Å². The zero-order valence-electron chi connectivity index (χ0n) is 13.7. The van der Waals surface area contributed by atoms with Crippen molar-refractivity contribution in [2.75, 3.05) is 13.1 Å². The van der Waals surface area contributed by atoms with Crippen LogP contribution in [0.15, 0.2) is 10.6 Å². The smallest absolute Gasteiger partial charge is 0.290 e. The van der Waals surface area contributed by atoms with E-state index in [0.717, 1.165) is 18.7 Å². The topological polar surface area (TPSA) is 75.4 Å². The molecule has 0 unspecified atom stereocenters. The van der Waals surface area contributed by atoms with Crippen LogP contribution in [0.5, 0.6) is 0 Å². The van der Waals surface area contributed by atoms with Gasteiger partial charge in [-0.15, -0.1) is 0 Å². The molecule has 1 aliphatic carbocycles. The second kappa shape index (κ2) is 7.15. The van der Waals surface area contributed by atoms with Crippen molar-refractivity contribution in [1.29, 1.82) is 0 Å². The first-order chi connectivity index (χ1) is 11.2. The van der Waals surface area contributed by atoms with Crippen molar-refractivity contribution >= 4 is 11.8 Å². The van der Waals surface area contributed by atoms with Gasteiger partial charge in [-0.3, -0.25) is 9.59 Å². The summed E-state index contributed by atoms with van der Waals surface area (Å²) >= 11 is 0. The molecule has 3 rings (SSSR count). The standard InChI is InChI=1S/C17H25N3O3/c1-2-13-8-15(23-19-13)17(22)18-14-9-16(21)20(11-14)10-12-6-4-3-5-7-12/h8,12,14H,2-7,9-11H2,1H3,(H,18,22)/t14-/m0/s1. The van der Waals surface area contributed by atoms with Crippen molar-refractivity contribution in [2.24, 2.45) is 5.92 Å². The molecule has 1 atom stereocenters. The van der Waals surface area contributed by atoms with Gasteiger partial charge in [0.25, 0.3) is 5.91 Å². The number of rotatable bonds is 5. The van der Waals surface area contributed by atoms with Crippen LogP contribution in [0.3, 0.4) is 0 Å². The van der Waals surface area contributed by atoms with E-state index in [2.05, 4.69) is 10.5 Å². The number of nitrogens with one attached hydrogen (secondary N) is 1. The van der Waals surface area contributed by atoms with E-state index in [1.165, 1.54) is 32.1 Å². The summed E-state index contributed by atoms with van der Waals surface area (Å²) in [5, 5.41) is 6.72. The predicted octanol–water partition coefficient (Wildman–Crippen LogP) is 2.15. The zero-order valence-corrected chi connectivity index (χ0v) is 13.7. The number of amides is 2. The van der Waals surface area contributed by atoms with Crippen LogP contribution in [0.4, 0.5) is 0 Å². The normalized spacial score (nSPS) is 22.6. The van der Waals surface area contributed by atoms with Crippen molar-refractivity contribution in [1.82, 2.24) is 15.4 Å². The molecular formula is C17H25N3O3. The number of carbonyl (C=O) groups is 2. The monoisotopic (exact) mass is 319 g/mol. The lowest BCUT2D eigenvalue weighted by molar-refractivity contribution is -0.128. The fourth-order valence-electron chi connectivity index (χ4n) is 3.57. The molecule has 2 heterocycles. The van der Waals surface area contributed by atoms with E-state index in [1.807, 2.05) is 11.8 Å². The van der Waals surface area contributed by atoms with Crippen molar-refractivity contribution in [3.05, 3.63) is 17.5 Å². The Morgan fingerprint density at radius 3 is 2.87 bits per heavy atom. The maximum absolute atomic E-state index is 12.2.